The van der Waals surface area contributed by atoms with Crippen LogP contribution >= 0.6 is 11.3 Å². The fourth-order valence-corrected chi connectivity index (χ4v) is 5.82. The zero-order chi connectivity index (χ0) is 20.7. The number of thiophene rings is 1. The second kappa shape index (κ2) is 7.91. The van der Waals surface area contributed by atoms with Crippen molar-refractivity contribution in [3.05, 3.63) is 46.5 Å². The van der Waals surface area contributed by atoms with E-state index in [0.717, 1.165) is 37.0 Å². The summed E-state index contributed by atoms with van der Waals surface area (Å²) >= 11 is 1.60. The van der Waals surface area contributed by atoms with Crippen LogP contribution in [-0.4, -0.2) is 57.2 Å². The van der Waals surface area contributed by atoms with Crippen molar-refractivity contribution in [3.8, 4) is 0 Å². The Bertz CT molecular complexity index is 920. The molecule has 1 aliphatic carbocycles. The van der Waals surface area contributed by atoms with E-state index in [0.29, 0.717) is 19.5 Å². The van der Waals surface area contributed by atoms with Gasteiger partial charge in [0, 0.05) is 17.5 Å². The van der Waals surface area contributed by atoms with Crippen molar-refractivity contribution in [1.82, 2.24) is 14.7 Å². The molecule has 5 rings (SSSR count). The Labute approximate surface area is 179 Å². The van der Waals surface area contributed by atoms with Crippen LogP contribution < -0.4 is 0 Å². The quantitative estimate of drug-likeness (QED) is 0.745. The maximum Gasteiger partial charge on any atom is 0.327 e. The third-order valence-electron chi connectivity index (χ3n) is 6.55. The lowest BCUT2D eigenvalue weighted by Gasteiger charge is -2.46. The van der Waals surface area contributed by atoms with Crippen molar-refractivity contribution >= 4 is 29.2 Å². The number of urea groups is 1. The van der Waals surface area contributed by atoms with Crippen LogP contribution in [0, 0.1) is 0 Å². The van der Waals surface area contributed by atoms with Crippen LogP contribution in [0.1, 0.15) is 54.0 Å². The SMILES string of the molecule is O=C1[C@@H]2[C@@H](CCN2C(=O)c2ccco2)N(Cc2cccs2)C(=O)N1C1CCCCC1. The van der Waals surface area contributed by atoms with Crippen molar-refractivity contribution in [2.24, 2.45) is 0 Å². The summed E-state index contributed by atoms with van der Waals surface area (Å²) in [5.74, 6) is -0.277. The molecule has 8 heteroatoms. The lowest BCUT2D eigenvalue weighted by atomic mass is 9.92. The van der Waals surface area contributed by atoms with Crippen LogP contribution in [-0.2, 0) is 11.3 Å². The van der Waals surface area contributed by atoms with Crippen LogP contribution in [0.3, 0.4) is 0 Å². The number of carbonyl (C=O) groups excluding carboxylic acids is 3. The maximum absolute atomic E-state index is 13.6. The highest BCUT2D eigenvalue weighted by Crippen LogP contribution is 2.36. The van der Waals surface area contributed by atoms with Gasteiger partial charge in [-0.2, -0.15) is 0 Å². The highest BCUT2D eigenvalue weighted by Gasteiger charge is 2.55. The molecule has 4 heterocycles. The normalized spacial score (nSPS) is 25.1. The molecule has 7 nitrogen and oxygen atoms in total. The van der Waals surface area contributed by atoms with E-state index in [1.54, 1.807) is 28.4 Å². The molecule has 0 spiro atoms. The largest absolute Gasteiger partial charge is 0.459 e. The van der Waals surface area contributed by atoms with Gasteiger partial charge in [0.25, 0.3) is 11.8 Å². The zero-order valence-electron chi connectivity index (χ0n) is 16.7. The Hall–Kier alpha value is -2.61. The van der Waals surface area contributed by atoms with Crippen molar-refractivity contribution in [2.75, 3.05) is 6.54 Å². The number of imide groups is 1. The summed E-state index contributed by atoms with van der Waals surface area (Å²) in [7, 11) is 0. The minimum absolute atomic E-state index is 0.0771. The molecule has 2 aromatic rings. The summed E-state index contributed by atoms with van der Waals surface area (Å²) in [6.45, 7) is 0.907. The van der Waals surface area contributed by atoms with Crippen molar-refractivity contribution in [2.45, 2.75) is 63.2 Å². The predicted octanol–water partition coefficient (Wildman–Crippen LogP) is 3.72. The first kappa shape index (κ1) is 19.4. The summed E-state index contributed by atoms with van der Waals surface area (Å²) in [5, 5.41) is 1.99. The van der Waals surface area contributed by atoms with Gasteiger partial charge in [-0.1, -0.05) is 25.3 Å². The molecule has 158 valence electrons. The first-order valence-corrected chi connectivity index (χ1v) is 11.5. The molecule has 3 aliphatic rings. The predicted molar refractivity (Wildman–Crippen MR) is 111 cm³/mol. The number of rotatable bonds is 4. The van der Waals surface area contributed by atoms with Crippen molar-refractivity contribution in [3.63, 3.8) is 0 Å². The Morgan fingerprint density at radius 2 is 1.93 bits per heavy atom. The third-order valence-corrected chi connectivity index (χ3v) is 7.41. The smallest absolute Gasteiger partial charge is 0.327 e. The maximum atomic E-state index is 13.6. The number of nitrogens with zero attached hydrogens (tertiary/aromatic N) is 3. The number of fused-ring (bicyclic) bond motifs is 1. The summed E-state index contributed by atoms with van der Waals surface area (Å²) in [6.07, 6.45) is 6.93. The van der Waals surface area contributed by atoms with E-state index in [2.05, 4.69) is 0 Å². The Kier molecular flexibility index (Phi) is 5.10. The van der Waals surface area contributed by atoms with E-state index in [1.807, 2.05) is 22.4 Å². The molecular formula is C22H25N3O4S. The minimum Gasteiger partial charge on any atom is -0.459 e. The van der Waals surface area contributed by atoms with Crippen molar-refractivity contribution in [1.29, 1.82) is 0 Å². The zero-order valence-corrected chi connectivity index (χ0v) is 17.6. The summed E-state index contributed by atoms with van der Waals surface area (Å²) in [6, 6.07) is 6.04. The van der Waals surface area contributed by atoms with Crippen LogP contribution in [0.5, 0.6) is 0 Å². The molecule has 2 atom stereocenters. The van der Waals surface area contributed by atoms with E-state index in [-0.39, 0.29) is 35.7 Å². The van der Waals surface area contributed by atoms with E-state index >= 15 is 0 Å². The van der Waals surface area contributed by atoms with Gasteiger partial charge in [-0.05, 0) is 42.8 Å². The summed E-state index contributed by atoms with van der Waals surface area (Å²) < 4.78 is 5.30. The van der Waals surface area contributed by atoms with Gasteiger partial charge >= 0.3 is 6.03 Å². The van der Waals surface area contributed by atoms with E-state index < -0.39 is 6.04 Å². The molecule has 2 saturated heterocycles. The molecule has 4 amide bonds. The summed E-state index contributed by atoms with van der Waals surface area (Å²) in [4.78, 5) is 46.2. The molecule has 1 saturated carbocycles. The molecule has 0 N–H and O–H groups in total. The first-order chi connectivity index (χ1) is 14.6. The standard InChI is InChI=1S/C22H25N3O4S/c26-20(18-9-4-12-29-18)23-11-10-17-19(23)21(27)25(15-6-2-1-3-7-15)22(28)24(17)14-16-8-5-13-30-16/h4-5,8-9,12-13,15,17,19H,1-3,6-7,10-11,14H2/t17-,19+/m1/s1. The monoisotopic (exact) mass is 427 g/mol. The number of hydrogen-bond donors (Lipinski definition) is 0. The molecule has 30 heavy (non-hydrogen) atoms. The highest BCUT2D eigenvalue weighted by molar-refractivity contribution is 7.09. The molecule has 0 radical (unpaired) electrons. The van der Waals surface area contributed by atoms with Crippen LogP contribution in [0.4, 0.5) is 4.79 Å². The number of furan rings is 1. The Morgan fingerprint density at radius 1 is 1.10 bits per heavy atom. The molecule has 0 unspecified atom stereocenters. The van der Waals surface area contributed by atoms with E-state index in [9.17, 15) is 14.4 Å². The van der Waals surface area contributed by atoms with Gasteiger partial charge < -0.3 is 14.2 Å². The lowest BCUT2D eigenvalue weighted by molar-refractivity contribution is -0.140. The van der Waals surface area contributed by atoms with Gasteiger partial charge in [-0.25, -0.2) is 4.79 Å². The van der Waals surface area contributed by atoms with Gasteiger partial charge in [-0.3, -0.25) is 14.5 Å². The van der Waals surface area contributed by atoms with E-state index in [1.165, 1.54) is 11.2 Å². The second-order valence-corrected chi connectivity index (χ2v) is 9.30. The minimum atomic E-state index is -0.651. The van der Waals surface area contributed by atoms with Gasteiger partial charge in [0.15, 0.2) is 5.76 Å². The summed E-state index contributed by atoms with van der Waals surface area (Å²) in [5.41, 5.74) is 0. The molecule has 0 aromatic carbocycles. The molecular weight excluding hydrogens is 402 g/mol. The number of carbonyl (C=O) groups is 3. The molecule has 3 fully saturated rings. The van der Waals surface area contributed by atoms with Gasteiger partial charge in [0.05, 0.1) is 18.8 Å². The van der Waals surface area contributed by atoms with Crippen LogP contribution in [0.25, 0.3) is 0 Å². The molecule has 2 aromatic heterocycles. The van der Waals surface area contributed by atoms with Crippen molar-refractivity contribution < 1.29 is 18.8 Å². The fraction of sp³-hybridized carbons (Fsp3) is 0.500. The molecule has 2 aliphatic heterocycles. The number of hydrogen-bond acceptors (Lipinski definition) is 5. The average molecular weight is 428 g/mol. The van der Waals surface area contributed by atoms with Gasteiger partial charge in [-0.15, -0.1) is 11.3 Å². The number of amides is 4. The van der Waals surface area contributed by atoms with Gasteiger partial charge in [0.2, 0.25) is 0 Å². The lowest BCUT2D eigenvalue weighted by Crippen LogP contribution is -2.67. The van der Waals surface area contributed by atoms with Crippen LogP contribution in [0.2, 0.25) is 0 Å². The second-order valence-electron chi connectivity index (χ2n) is 8.27. The Morgan fingerprint density at radius 3 is 2.63 bits per heavy atom. The first-order valence-electron chi connectivity index (χ1n) is 10.7. The van der Waals surface area contributed by atoms with Crippen LogP contribution in [0.15, 0.2) is 40.3 Å². The Balaban J connectivity index is 1.49. The number of likely N-dealkylation sites (tertiary alicyclic amines) is 1. The third kappa shape index (κ3) is 3.23. The van der Waals surface area contributed by atoms with E-state index in [4.69, 9.17) is 4.42 Å². The molecule has 0 bridgehead atoms. The fourth-order valence-electron chi connectivity index (χ4n) is 5.12. The van der Waals surface area contributed by atoms with Gasteiger partial charge in [0.1, 0.15) is 6.04 Å². The average Bonchev–Trinajstić information content (AvgIpc) is 3.53. The highest BCUT2D eigenvalue weighted by atomic mass is 32.1. The topological polar surface area (TPSA) is 74.1 Å².